The molecule has 132 valence electrons. The monoisotopic (exact) mass is 335 g/mol. The molecule has 0 unspecified atom stereocenters. The summed E-state index contributed by atoms with van der Waals surface area (Å²) in [4.78, 5) is 2.72. The maximum atomic E-state index is 2.72. The van der Waals surface area contributed by atoms with Crippen molar-refractivity contribution >= 4 is 5.69 Å². The number of benzene rings is 2. The zero-order valence-electron chi connectivity index (χ0n) is 15.7. The zero-order valence-corrected chi connectivity index (χ0v) is 15.7. The van der Waals surface area contributed by atoms with Gasteiger partial charge in [-0.3, -0.25) is 0 Å². The Morgan fingerprint density at radius 1 is 0.880 bits per heavy atom. The molecule has 1 heterocycles. The van der Waals surface area contributed by atoms with Gasteiger partial charge in [0.25, 0.3) is 0 Å². The molecule has 1 aliphatic heterocycles. The summed E-state index contributed by atoms with van der Waals surface area (Å²) in [5.41, 5.74) is 4.49. The number of piperidine rings is 1. The lowest BCUT2D eigenvalue weighted by atomic mass is 9.98. The molecule has 0 aromatic heterocycles. The number of hydrogen-bond acceptors (Lipinski definition) is 1. The Kier molecular flexibility index (Phi) is 4.56. The summed E-state index contributed by atoms with van der Waals surface area (Å²) in [5.74, 6) is 0. The van der Waals surface area contributed by atoms with Crippen LogP contribution in [0.1, 0.15) is 30.4 Å². The van der Waals surface area contributed by atoms with Gasteiger partial charge in [0.1, 0.15) is 6.04 Å². The summed E-state index contributed by atoms with van der Waals surface area (Å²) in [7, 11) is 4.85. The highest BCUT2D eigenvalue weighted by molar-refractivity contribution is 5.50. The third kappa shape index (κ3) is 3.46. The van der Waals surface area contributed by atoms with Crippen molar-refractivity contribution in [3.05, 3.63) is 65.7 Å². The van der Waals surface area contributed by atoms with Gasteiger partial charge in [0, 0.05) is 18.2 Å². The average Bonchev–Trinajstić information content (AvgIpc) is 3.05. The molecule has 25 heavy (non-hydrogen) atoms. The largest absolute Gasteiger partial charge is 0.362 e. The van der Waals surface area contributed by atoms with E-state index in [0.29, 0.717) is 6.04 Å². The minimum absolute atomic E-state index is 0.599. The topological polar surface area (TPSA) is 3.24 Å². The molecule has 1 atom stereocenters. The fraction of sp³-hybridized carbons (Fsp3) is 0.478. The number of rotatable bonds is 4. The van der Waals surface area contributed by atoms with E-state index < -0.39 is 0 Å². The fourth-order valence-electron chi connectivity index (χ4n) is 4.81. The molecule has 2 heteroatoms. The number of hydrogen-bond donors (Lipinski definition) is 0. The lowest BCUT2D eigenvalue weighted by Crippen LogP contribution is -2.57. The fourth-order valence-corrected chi connectivity index (χ4v) is 4.81. The molecule has 4 rings (SSSR count). The van der Waals surface area contributed by atoms with Gasteiger partial charge >= 0.3 is 0 Å². The van der Waals surface area contributed by atoms with Crippen molar-refractivity contribution in [2.24, 2.45) is 0 Å². The highest BCUT2D eigenvalue weighted by Crippen LogP contribution is 2.31. The van der Waals surface area contributed by atoms with E-state index in [4.69, 9.17) is 0 Å². The van der Waals surface area contributed by atoms with Gasteiger partial charge in [-0.25, -0.2) is 0 Å². The van der Waals surface area contributed by atoms with Crippen LogP contribution in [-0.4, -0.2) is 43.8 Å². The van der Waals surface area contributed by atoms with E-state index in [1.54, 1.807) is 11.1 Å². The van der Waals surface area contributed by atoms with Crippen molar-refractivity contribution in [3.8, 4) is 0 Å². The molecule has 0 saturated carbocycles. The summed E-state index contributed by atoms with van der Waals surface area (Å²) >= 11 is 0. The number of nitrogens with zero attached hydrogens (tertiary/aromatic N) is 2. The molecule has 2 nitrogen and oxygen atoms in total. The van der Waals surface area contributed by atoms with Gasteiger partial charge in [-0.15, -0.1) is 0 Å². The second-order valence-electron chi connectivity index (χ2n) is 8.47. The number of para-hydroxylation sites is 1. The number of quaternary nitrogens is 1. The van der Waals surface area contributed by atoms with E-state index in [1.165, 1.54) is 55.4 Å². The predicted molar refractivity (Wildman–Crippen MR) is 106 cm³/mol. The third-order valence-corrected chi connectivity index (χ3v) is 6.48. The molecule has 0 N–H and O–H groups in total. The standard InChI is InChI=1S/C23H31N2/c1-25(2)15-9-8-14-23(25)18-24(21-12-4-3-5-13-21)22-16-19-10-6-7-11-20(19)17-22/h3-7,10-13,22-23H,8-9,14-18H2,1-2H3/q+1/t23-/m0/s1. The van der Waals surface area contributed by atoms with E-state index in [1.807, 2.05) is 0 Å². The van der Waals surface area contributed by atoms with Crippen molar-refractivity contribution < 1.29 is 4.48 Å². The Bertz CT molecular complexity index is 682. The van der Waals surface area contributed by atoms with Gasteiger partial charge in [0.05, 0.1) is 27.2 Å². The molecule has 1 aliphatic carbocycles. The summed E-state index contributed by atoms with van der Waals surface area (Å²) in [6, 6.07) is 21.4. The first kappa shape index (κ1) is 16.7. The van der Waals surface area contributed by atoms with Crippen LogP contribution in [-0.2, 0) is 12.8 Å². The first-order valence-corrected chi connectivity index (χ1v) is 9.85. The molecule has 1 saturated heterocycles. The van der Waals surface area contributed by atoms with Gasteiger partial charge in [-0.2, -0.15) is 0 Å². The van der Waals surface area contributed by atoms with Crippen LogP contribution in [0.4, 0.5) is 5.69 Å². The van der Waals surface area contributed by atoms with E-state index in [0.717, 1.165) is 6.04 Å². The van der Waals surface area contributed by atoms with E-state index in [-0.39, 0.29) is 0 Å². The Balaban J connectivity index is 1.60. The maximum Gasteiger partial charge on any atom is 0.106 e. The smallest absolute Gasteiger partial charge is 0.106 e. The van der Waals surface area contributed by atoms with E-state index >= 15 is 0 Å². The number of likely N-dealkylation sites (N-methyl/N-ethyl adjacent to an activating group) is 1. The van der Waals surface area contributed by atoms with Crippen LogP contribution in [0.3, 0.4) is 0 Å². The minimum atomic E-state index is 0.599. The maximum absolute atomic E-state index is 2.72. The van der Waals surface area contributed by atoms with Crippen LogP contribution >= 0.6 is 0 Å². The molecule has 0 spiro atoms. The predicted octanol–water partition coefficient (Wildman–Crippen LogP) is 4.29. The Labute approximate surface area is 152 Å². The van der Waals surface area contributed by atoms with Gasteiger partial charge < -0.3 is 9.38 Å². The summed E-state index contributed by atoms with van der Waals surface area (Å²) in [6.07, 6.45) is 6.50. The molecule has 1 fully saturated rings. The second-order valence-corrected chi connectivity index (χ2v) is 8.47. The molecule has 0 bridgehead atoms. The molecule has 2 aliphatic rings. The average molecular weight is 336 g/mol. The normalized spacial score (nSPS) is 22.6. The summed E-state index contributed by atoms with van der Waals surface area (Å²) in [5, 5.41) is 0. The molecular formula is C23H31N2+. The summed E-state index contributed by atoms with van der Waals surface area (Å²) in [6.45, 7) is 2.49. The molecule has 2 aromatic carbocycles. The Hall–Kier alpha value is -1.80. The lowest BCUT2D eigenvalue weighted by Gasteiger charge is -2.45. The van der Waals surface area contributed by atoms with Crippen molar-refractivity contribution in [2.75, 3.05) is 32.1 Å². The van der Waals surface area contributed by atoms with Gasteiger partial charge in [0.2, 0.25) is 0 Å². The van der Waals surface area contributed by atoms with Crippen LogP contribution < -0.4 is 4.90 Å². The van der Waals surface area contributed by atoms with Crippen LogP contribution in [0.15, 0.2) is 54.6 Å². The second kappa shape index (κ2) is 6.84. The van der Waals surface area contributed by atoms with Crippen LogP contribution in [0.5, 0.6) is 0 Å². The van der Waals surface area contributed by atoms with Crippen LogP contribution in [0.25, 0.3) is 0 Å². The molecule has 0 radical (unpaired) electrons. The molecule has 0 amide bonds. The quantitative estimate of drug-likeness (QED) is 0.754. The van der Waals surface area contributed by atoms with E-state index in [2.05, 4.69) is 73.6 Å². The van der Waals surface area contributed by atoms with Gasteiger partial charge in [-0.1, -0.05) is 42.5 Å². The van der Waals surface area contributed by atoms with Crippen molar-refractivity contribution in [3.63, 3.8) is 0 Å². The Morgan fingerprint density at radius 3 is 2.16 bits per heavy atom. The van der Waals surface area contributed by atoms with Crippen LogP contribution in [0, 0.1) is 0 Å². The van der Waals surface area contributed by atoms with Gasteiger partial charge in [0.15, 0.2) is 0 Å². The third-order valence-electron chi connectivity index (χ3n) is 6.48. The van der Waals surface area contributed by atoms with Crippen LogP contribution in [0.2, 0.25) is 0 Å². The minimum Gasteiger partial charge on any atom is -0.362 e. The SMILES string of the molecule is C[N+]1(C)CCCC[C@H]1CN(c1ccccc1)C1Cc2ccccc2C1. The first-order chi connectivity index (χ1) is 12.1. The summed E-state index contributed by atoms with van der Waals surface area (Å²) < 4.78 is 1.17. The number of likely N-dealkylation sites (tertiary alicyclic amines) is 1. The number of fused-ring (bicyclic) bond motifs is 1. The zero-order chi connectivity index (χ0) is 17.3. The molecular weight excluding hydrogens is 304 g/mol. The molecule has 2 aromatic rings. The highest BCUT2D eigenvalue weighted by Gasteiger charge is 2.36. The Morgan fingerprint density at radius 2 is 1.52 bits per heavy atom. The van der Waals surface area contributed by atoms with Crippen molar-refractivity contribution in [1.29, 1.82) is 0 Å². The number of anilines is 1. The first-order valence-electron chi connectivity index (χ1n) is 9.85. The highest BCUT2D eigenvalue weighted by atomic mass is 15.4. The van der Waals surface area contributed by atoms with Crippen molar-refractivity contribution in [1.82, 2.24) is 0 Å². The van der Waals surface area contributed by atoms with E-state index in [9.17, 15) is 0 Å². The lowest BCUT2D eigenvalue weighted by molar-refractivity contribution is -0.918. The van der Waals surface area contributed by atoms with Gasteiger partial charge in [-0.05, 0) is 48.9 Å². The van der Waals surface area contributed by atoms with Crippen molar-refractivity contribution in [2.45, 2.75) is 44.2 Å².